The highest BCUT2D eigenvalue weighted by molar-refractivity contribution is 5.50. The Balaban J connectivity index is 0.000000246. The molecule has 0 aliphatic heterocycles. The van der Waals surface area contributed by atoms with Crippen molar-refractivity contribution in [1.29, 1.82) is 0 Å². The Kier molecular flexibility index (Phi) is 5.73. The summed E-state index contributed by atoms with van der Waals surface area (Å²) in [5.74, 6) is 0. The van der Waals surface area contributed by atoms with Crippen LogP contribution in [-0.2, 0) is 5.41 Å². The SMILES string of the molecule is C=Cc1ccc(C2(C=C)C=CC=CC2)cc1.c1ccccc1. The maximum Gasteiger partial charge on any atom is 0.0347 e. The molecule has 110 valence electrons. The summed E-state index contributed by atoms with van der Waals surface area (Å²) in [6.07, 6.45) is 13.4. The monoisotopic (exact) mass is 286 g/mol. The molecule has 0 heteroatoms. The van der Waals surface area contributed by atoms with Crippen molar-refractivity contribution in [3.8, 4) is 0 Å². The minimum absolute atomic E-state index is 0.0333. The molecule has 1 atom stereocenters. The summed E-state index contributed by atoms with van der Waals surface area (Å²) in [5, 5.41) is 0. The second kappa shape index (κ2) is 7.99. The van der Waals surface area contributed by atoms with Crippen LogP contribution in [-0.4, -0.2) is 0 Å². The zero-order chi connectivity index (χ0) is 15.7. The standard InChI is InChI=1S/C16H16.C6H6/c1-3-14-8-10-15(11-9-14)16(4-2)12-6-5-7-13-16;1-2-4-6-5-3-1/h3-12H,1-2,13H2;1-6H. The van der Waals surface area contributed by atoms with Gasteiger partial charge in [0.2, 0.25) is 0 Å². The van der Waals surface area contributed by atoms with Gasteiger partial charge in [-0.1, -0.05) is 104 Å². The summed E-state index contributed by atoms with van der Waals surface area (Å²) in [6, 6.07) is 20.5. The van der Waals surface area contributed by atoms with Gasteiger partial charge >= 0.3 is 0 Å². The van der Waals surface area contributed by atoms with Crippen LogP contribution in [0.5, 0.6) is 0 Å². The molecule has 0 bridgehead atoms. The number of hydrogen-bond donors (Lipinski definition) is 0. The number of rotatable bonds is 3. The van der Waals surface area contributed by atoms with E-state index in [9.17, 15) is 0 Å². The van der Waals surface area contributed by atoms with Gasteiger partial charge in [0.25, 0.3) is 0 Å². The maximum absolute atomic E-state index is 3.97. The molecule has 1 aliphatic carbocycles. The van der Waals surface area contributed by atoms with Crippen molar-refractivity contribution >= 4 is 6.08 Å². The zero-order valence-electron chi connectivity index (χ0n) is 12.9. The van der Waals surface area contributed by atoms with E-state index in [0.29, 0.717) is 0 Å². The van der Waals surface area contributed by atoms with Crippen LogP contribution in [0.1, 0.15) is 17.5 Å². The third kappa shape index (κ3) is 3.95. The molecule has 0 saturated heterocycles. The van der Waals surface area contributed by atoms with Gasteiger partial charge in [-0.2, -0.15) is 0 Å². The molecule has 1 aliphatic rings. The molecule has 0 nitrogen and oxygen atoms in total. The Morgan fingerprint density at radius 2 is 1.41 bits per heavy atom. The molecule has 2 aromatic rings. The number of allylic oxidation sites excluding steroid dienone is 5. The van der Waals surface area contributed by atoms with Gasteiger partial charge in [-0.25, -0.2) is 0 Å². The normalized spacial score (nSPS) is 18.9. The Morgan fingerprint density at radius 3 is 1.82 bits per heavy atom. The Labute approximate surface area is 133 Å². The van der Waals surface area contributed by atoms with Gasteiger partial charge in [0.1, 0.15) is 0 Å². The topological polar surface area (TPSA) is 0 Å². The molecule has 0 saturated carbocycles. The van der Waals surface area contributed by atoms with Crippen LogP contribution >= 0.6 is 0 Å². The lowest BCUT2D eigenvalue weighted by atomic mass is 9.75. The highest BCUT2D eigenvalue weighted by Gasteiger charge is 2.25. The Hall–Kier alpha value is -2.60. The predicted molar refractivity (Wildman–Crippen MR) is 97.7 cm³/mol. The quantitative estimate of drug-likeness (QED) is 0.611. The first kappa shape index (κ1) is 15.8. The second-order valence-corrected chi connectivity index (χ2v) is 5.22. The fourth-order valence-corrected chi connectivity index (χ4v) is 2.43. The van der Waals surface area contributed by atoms with Crippen molar-refractivity contribution in [2.45, 2.75) is 11.8 Å². The molecule has 0 heterocycles. The van der Waals surface area contributed by atoms with Crippen LogP contribution in [0.3, 0.4) is 0 Å². The summed E-state index contributed by atoms with van der Waals surface area (Å²) >= 11 is 0. The molecule has 0 radical (unpaired) electrons. The maximum atomic E-state index is 3.97. The zero-order valence-corrected chi connectivity index (χ0v) is 12.9. The molecular formula is C22H22. The lowest BCUT2D eigenvalue weighted by Gasteiger charge is -2.28. The summed E-state index contributed by atoms with van der Waals surface area (Å²) in [5.41, 5.74) is 2.40. The Morgan fingerprint density at radius 1 is 0.818 bits per heavy atom. The molecule has 22 heavy (non-hydrogen) atoms. The smallest absolute Gasteiger partial charge is 0.0347 e. The molecule has 0 aromatic heterocycles. The van der Waals surface area contributed by atoms with E-state index in [1.807, 2.05) is 48.6 Å². The fraction of sp³-hybridized carbons (Fsp3) is 0.0909. The third-order valence-electron chi connectivity index (χ3n) is 3.81. The molecule has 0 N–H and O–H groups in total. The van der Waals surface area contributed by atoms with Crippen LogP contribution in [0, 0.1) is 0 Å². The van der Waals surface area contributed by atoms with E-state index in [4.69, 9.17) is 0 Å². The summed E-state index contributed by atoms with van der Waals surface area (Å²) in [4.78, 5) is 0. The minimum atomic E-state index is -0.0333. The summed E-state index contributed by atoms with van der Waals surface area (Å²) < 4.78 is 0. The van der Waals surface area contributed by atoms with Crippen molar-refractivity contribution in [2.24, 2.45) is 0 Å². The average molecular weight is 286 g/mol. The minimum Gasteiger partial charge on any atom is -0.102 e. The van der Waals surface area contributed by atoms with Crippen LogP contribution in [0.25, 0.3) is 6.08 Å². The van der Waals surface area contributed by atoms with E-state index in [-0.39, 0.29) is 5.41 Å². The van der Waals surface area contributed by atoms with Crippen LogP contribution in [0.4, 0.5) is 0 Å². The third-order valence-corrected chi connectivity index (χ3v) is 3.81. The van der Waals surface area contributed by atoms with Crippen molar-refractivity contribution in [2.75, 3.05) is 0 Å². The highest BCUT2D eigenvalue weighted by Crippen LogP contribution is 2.33. The number of hydrogen-bond acceptors (Lipinski definition) is 0. The molecule has 0 spiro atoms. The van der Waals surface area contributed by atoms with Gasteiger partial charge in [0, 0.05) is 5.41 Å². The van der Waals surface area contributed by atoms with E-state index < -0.39 is 0 Å². The molecular weight excluding hydrogens is 264 g/mol. The molecule has 0 amide bonds. The first-order valence-electron chi connectivity index (χ1n) is 7.52. The first-order chi connectivity index (χ1) is 10.8. The van der Waals surface area contributed by atoms with Gasteiger partial charge in [-0.15, -0.1) is 6.58 Å². The fourth-order valence-electron chi connectivity index (χ4n) is 2.43. The lowest BCUT2D eigenvalue weighted by Crippen LogP contribution is -2.20. The van der Waals surface area contributed by atoms with E-state index in [1.165, 1.54) is 5.56 Å². The molecule has 0 fully saturated rings. The average Bonchev–Trinajstić information content (AvgIpc) is 2.64. The lowest BCUT2D eigenvalue weighted by molar-refractivity contribution is 0.677. The molecule has 3 rings (SSSR count). The van der Waals surface area contributed by atoms with Gasteiger partial charge in [-0.3, -0.25) is 0 Å². The van der Waals surface area contributed by atoms with Gasteiger partial charge in [-0.05, 0) is 17.5 Å². The van der Waals surface area contributed by atoms with E-state index >= 15 is 0 Å². The van der Waals surface area contributed by atoms with Crippen LogP contribution in [0.2, 0.25) is 0 Å². The largest absolute Gasteiger partial charge is 0.102 e. The molecule has 1 unspecified atom stereocenters. The first-order valence-corrected chi connectivity index (χ1v) is 7.52. The van der Waals surface area contributed by atoms with Gasteiger partial charge in [0.15, 0.2) is 0 Å². The molecule has 2 aromatic carbocycles. The highest BCUT2D eigenvalue weighted by atomic mass is 14.3. The van der Waals surface area contributed by atoms with Gasteiger partial charge in [0.05, 0.1) is 0 Å². The van der Waals surface area contributed by atoms with E-state index in [1.54, 1.807) is 0 Å². The van der Waals surface area contributed by atoms with Crippen molar-refractivity contribution in [1.82, 2.24) is 0 Å². The summed E-state index contributed by atoms with van der Waals surface area (Å²) in [7, 11) is 0. The van der Waals surface area contributed by atoms with Crippen LogP contribution in [0.15, 0.2) is 104 Å². The van der Waals surface area contributed by atoms with Crippen molar-refractivity contribution in [3.63, 3.8) is 0 Å². The number of benzene rings is 2. The Bertz CT molecular complexity index is 617. The van der Waals surface area contributed by atoms with E-state index in [0.717, 1.165) is 12.0 Å². The summed E-state index contributed by atoms with van der Waals surface area (Å²) in [6.45, 7) is 7.74. The van der Waals surface area contributed by atoms with E-state index in [2.05, 4.69) is 61.7 Å². The second-order valence-electron chi connectivity index (χ2n) is 5.22. The van der Waals surface area contributed by atoms with Gasteiger partial charge < -0.3 is 0 Å². The van der Waals surface area contributed by atoms with Crippen LogP contribution < -0.4 is 0 Å². The van der Waals surface area contributed by atoms with Crippen molar-refractivity contribution in [3.05, 3.63) is 115 Å². The predicted octanol–water partition coefficient (Wildman–Crippen LogP) is 5.96. The van der Waals surface area contributed by atoms with Crippen molar-refractivity contribution < 1.29 is 0 Å².